The van der Waals surface area contributed by atoms with Crippen molar-refractivity contribution in [2.45, 2.75) is 6.42 Å². The van der Waals surface area contributed by atoms with E-state index in [1.165, 1.54) is 5.56 Å². The zero-order valence-corrected chi connectivity index (χ0v) is 18.8. The largest absolute Gasteiger partial charge is 0.506 e. The first-order valence-electron chi connectivity index (χ1n) is 9.61. The van der Waals surface area contributed by atoms with Crippen molar-refractivity contribution in [2.75, 3.05) is 51.5 Å². The number of benzene rings is 2. The molecule has 0 amide bonds. The van der Waals surface area contributed by atoms with Crippen LogP contribution in [0.25, 0.3) is 0 Å². The molecule has 2 aromatic carbocycles. The monoisotopic (exact) mass is 510 g/mol. The zero-order valence-electron chi connectivity index (χ0n) is 16.5. The number of aromatic hydroxyl groups is 1. The van der Waals surface area contributed by atoms with Crippen LogP contribution in [0.1, 0.15) is 5.56 Å². The van der Waals surface area contributed by atoms with Gasteiger partial charge in [0.1, 0.15) is 5.75 Å². The van der Waals surface area contributed by atoms with E-state index in [1.807, 2.05) is 37.4 Å². The molecule has 0 atom stereocenters. The van der Waals surface area contributed by atoms with Gasteiger partial charge in [-0.25, -0.2) is 0 Å². The summed E-state index contributed by atoms with van der Waals surface area (Å²) in [6.45, 7) is 4.51. The number of phenolic OH excluding ortho intramolecular Hbond substituents is 1. The fourth-order valence-electron chi connectivity index (χ4n) is 3.64. The van der Waals surface area contributed by atoms with Crippen molar-refractivity contribution in [3.63, 3.8) is 0 Å². The van der Waals surface area contributed by atoms with Crippen LogP contribution in [0, 0.1) is 0 Å². The van der Waals surface area contributed by atoms with Crippen LogP contribution in [0.4, 0.5) is 5.69 Å². The summed E-state index contributed by atoms with van der Waals surface area (Å²) in [5, 5.41) is 13.5. The Balaban J connectivity index is 0.00000240. The second-order valence-electron chi connectivity index (χ2n) is 6.87. The molecule has 2 aliphatic rings. The molecule has 8 heteroatoms. The molecule has 0 unspecified atom stereocenters. The van der Waals surface area contributed by atoms with Crippen molar-refractivity contribution in [1.82, 2.24) is 10.2 Å². The molecule has 7 nitrogen and oxygen atoms in total. The molecular weight excluding hydrogens is 483 g/mol. The number of phenols is 1. The van der Waals surface area contributed by atoms with E-state index < -0.39 is 0 Å². The molecule has 29 heavy (non-hydrogen) atoms. The lowest BCUT2D eigenvalue weighted by Gasteiger charge is -2.37. The van der Waals surface area contributed by atoms with Gasteiger partial charge in [-0.3, -0.25) is 4.99 Å². The number of aliphatic imine (C=N–C) groups is 1. The van der Waals surface area contributed by atoms with Crippen LogP contribution in [0.15, 0.2) is 47.5 Å². The van der Waals surface area contributed by atoms with Crippen molar-refractivity contribution >= 4 is 35.6 Å². The summed E-state index contributed by atoms with van der Waals surface area (Å²) in [5.41, 5.74) is 2.10. The normalized spacial score (nSPS) is 15.8. The van der Waals surface area contributed by atoms with E-state index in [-0.39, 0.29) is 24.0 Å². The minimum Gasteiger partial charge on any atom is -0.506 e. The van der Waals surface area contributed by atoms with Crippen LogP contribution in [-0.2, 0) is 6.42 Å². The molecule has 2 N–H and O–H groups in total. The highest BCUT2D eigenvalue weighted by Crippen LogP contribution is 2.32. The van der Waals surface area contributed by atoms with Gasteiger partial charge in [-0.1, -0.05) is 18.2 Å². The van der Waals surface area contributed by atoms with E-state index in [0.717, 1.165) is 62.3 Å². The predicted molar refractivity (Wildman–Crippen MR) is 125 cm³/mol. The third-order valence-corrected chi connectivity index (χ3v) is 5.15. The van der Waals surface area contributed by atoms with Crippen molar-refractivity contribution < 1.29 is 14.6 Å². The minimum atomic E-state index is 0. The highest BCUT2D eigenvalue weighted by atomic mass is 127. The average Bonchev–Trinajstić information content (AvgIpc) is 3.20. The molecular formula is C21H27IN4O3. The van der Waals surface area contributed by atoms with Crippen molar-refractivity contribution in [2.24, 2.45) is 4.99 Å². The molecule has 4 rings (SSSR count). The minimum absolute atomic E-state index is 0. The van der Waals surface area contributed by atoms with Crippen LogP contribution >= 0.6 is 24.0 Å². The Bertz CT molecular complexity index is 854. The van der Waals surface area contributed by atoms with Gasteiger partial charge in [0.05, 0.1) is 5.69 Å². The Kier molecular flexibility index (Phi) is 7.29. The predicted octanol–water partition coefficient (Wildman–Crippen LogP) is 2.68. The molecule has 1 saturated heterocycles. The number of hydrogen-bond donors (Lipinski definition) is 2. The van der Waals surface area contributed by atoms with E-state index in [0.29, 0.717) is 12.5 Å². The number of piperazine rings is 1. The third kappa shape index (κ3) is 4.98. The van der Waals surface area contributed by atoms with Crippen LogP contribution < -0.4 is 19.7 Å². The first kappa shape index (κ1) is 21.4. The summed E-state index contributed by atoms with van der Waals surface area (Å²) in [5.74, 6) is 2.89. The molecule has 2 aliphatic heterocycles. The second kappa shape index (κ2) is 9.91. The summed E-state index contributed by atoms with van der Waals surface area (Å²) >= 11 is 0. The van der Waals surface area contributed by atoms with Gasteiger partial charge in [0, 0.05) is 39.8 Å². The molecule has 0 saturated carbocycles. The standard InChI is InChI=1S/C21H26N4O3.HI/c1-22-21(23-9-8-16-6-7-19-20(14-16)28-15-27-19)25-12-10-24(11-13-25)17-4-2-3-5-18(17)26;/h2-7,14,26H,8-13,15H2,1H3,(H,22,23);1H. The molecule has 0 spiro atoms. The average molecular weight is 510 g/mol. The number of nitrogens with one attached hydrogen (secondary N) is 1. The van der Waals surface area contributed by atoms with Gasteiger partial charge in [-0.15, -0.1) is 24.0 Å². The van der Waals surface area contributed by atoms with Gasteiger partial charge in [0.15, 0.2) is 17.5 Å². The first-order chi connectivity index (χ1) is 13.7. The maximum atomic E-state index is 10.1. The topological polar surface area (TPSA) is 69.6 Å². The number of anilines is 1. The number of fused-ring (bicyclic) bond motifs is 1. The lowest BCUT2D eigenvalue weighted by Crippen LogP contribution is -2.52. The molecule has 1 fully saturated rings. The van der Waals surface area contributed by atoms with Gasteiger partial charge in [0.2, 0.25) is 6.79 Å². The van der Waals surface area contributed by atoms with E-state index in [1.54, 1.807) is 6.07 Å². The van der Waals surface area contributed by atoms with Crippen LogP contribution in [0.5, 0.6) is 17.2 Å². The SMILES string of the molecule is CN=C(NCCc1ccc2c(c1)OCO2)N1CCN(c2ccccc2O)CC1.I. The zero-order chi connectivity index (χ0) is 19.3. The van der Waals surface area contributed by atoms with Crippen molar-refractivity contribution in [1.29, 1.82) is 0 Å². The molecule has 2 aromatic rings. The Hall–Kier alpha value is -2.36. The summed E-state index contributed by atoms with van der Waals surface area (Å²) in [6.07, 6.45) is 0.882. The fraction of sp³-hybridized carbons (Fsp3) is 0.381. The number of halogens is 1. The number of rotatable bonds is 4. The van der Waals surface area contributed by atoms with E-state index in [4.69, 9.17) is 9.47 Å². The first-order valence-corrected chi connectivity index (χ1v) is 9.61. The van der Waals surface area contributed by atoms with Gasteiger partial charge >= 0.3 is 0 Å². The van der Waals surface area contributed by atoms with Crippen molar-refractivity contribution in [3.05, 3.63) is 48.0 Å². The maximum Gasteiger partial charge on any atom is 0.231 e. The highest BCUT2D eigenvalue weighted by molar-refractivity contribution is 14.0. The van der Waals surface area contributed by atoms with Gasteiger partial charge in [-0.05, 0) is 36.2 Å². The lowest BCUT2D eigenvalue weighted by molar-refractivity contribution is 0.174. The molecule has 2 heterocycles. The van der Waals surface area contributed by atoms with E-state index >= 15 is 0 Å². The number of ether oxygens (including phenoxy) is 2. The molecule has 0 aliphatic carbocycles. The second-order valence-corrected chi connectivity index (χ2v) is 6.87. The van der Waals surface area contributed by atoms with Gasteiger partial charge in [-0.2, -0.15) is 0 Å². The smallest absolute Gasteiger partial charge is 0.231 e. The summed E-state index contributed by atoms with van der Waals surface area (Å²) in [4.78, 5) is 8.91. The third-order valence-electron chi connectivity index (χ3n) is 5.15. The summed E-state index contributed by atoms with van der Waals surface area (Å²) < 4.78 is 10.8. The van der Waals surface area contributed by atoms with E-state index in [2.05, 4.69) is 26.2 Å². The Morgan fingerprint density at radius 3 is 2.59 bits per heavy atom. The number of para-hydroxylation sites is 2. The van der Waals surface area contributed by atoms with Crippen LogP contribution in [0.2, 0.25) is 0 Å². The number of guanidine groups is 1. The Labute approximate surface area is 188 Å². The Morgan fingerprint density at radius 1 is 1.07 bits per heavy atom. The van der Waals surface area contributed by atoms with E-state index in [9.17, 15) is 5.11 Å². The number of nitrogens with zero attached hydrogens (tertiary/aromatic N) is 3. The van der Waals surface area contributed by atoms with Crippen LogP contribution in [-0.4, -0.2) is 62.5 Å². The van der Waals surface area contributed by atoms with Crippen LogP contribution in [0.3, 0.4) is 0 Å². The maximum absolute atomic E-state index is 10.1. The lowest BCUT2D eigenvalue weighted by atomic mass is 10.1. The fourth-order valence-corrected chi connectivity index (χ4v) is 3.64. The molecule has 0 aromatic heterocycles. The van der Waals surface area contributed by atoms with Gasteiger partial charge in [0.25, 0.3) is 0 Å². The Morgan fingerprint density at radius 2 is 1.83 bits per heavy atom. The quantitative estimate of drug-likeness (QED) is 0.375. The highest BCUT2D eigenvalue weighted by Gasteiger charge is 2.21. The molecule has 0 radical (unpaired) electrons. The van der Waals surface area contributed by atoms with Gasteiger partial charge < -0.3 is 29.7 Å². The summed E-state index contributed by atoms with van der Waals surface area (Å²) in [6, 6.07) is 13.6. The van der Waals surface area contributed by atoms with Crippen molar-refractivity contribution in [3.8, 4) is 17.2 Å². The number of hydrogen-bond acceptors (Lipinski definition) is 5. The summed E-state index contributed by atoms with van der Waals surface area (Å²) in [7, 11) is 1.82. The molecule has 156 valence electrons. The molecule has 0 bridgehead atoms.